The zero-order valence-electron chi connectivity index (χ0n) is 14.4. The average molecular weight is 370 g/mol. The molecule has 0 saturated carbocycles. The predicted octanol–water partition coefficient (Wildman–Crippen LogP) is 4.97. The van der Waals surface area contributed by atoms with E-state index in [4.69, 9.17) is 4.74 Å². The van der Waals surface area contributed by atoms with Crippen LogP contribution in [0.5, 0.6) is 5.88 Å². The number of nitrogens with zero attached hydrogens (tertiary/aromatic N) is 3. The molecule has 0 unspecified atom stereocenters. The maximum atomic E-state index is 5.77. The fourth-order valence-corrected chi connectivity index (χ4v) is 2.39. The van der Waals surface area contributed by atoms with Gasteiger partial charge < -0.3 is 9.64 Å². The van der Waals surface area contributed by atoms with E-state index in [2.05, 4.69) is 58.5 Å². The number of hydrogen-bond acceptors (Lipinski definition) is 3. The quantitative estimate of drug-likeness (QED) is 0.350. The summed E-state index contributed by atoms with van der Waals surface area (Å²) in [5.74, 6) is 1.36. The summed E-state index contributed by atoms with van der Waals surface area (Å²) in [6.07, 6.45) is 4.09. The van der Waals surface area contributed by atoms with Crippen LogP contribution in [0.2, 0.25) is 0 Å². The Kier molecular flexibility index (Phi) is 8.46. The highest BCUT2D eigenvalue weighted by molar-refractivity contribution is 9.10. The van der Waals surface area contributed by atoms with E-state index in [1.165, 1.54) is 6.42 Å². The van der Waals surface area contributed by atoms with Crippen LogP contribution in [0.4, 0.5) is 5.69 Å². The summed E-state index contributed by atoms with van der Waals surface area (Å²) in [6, 6.07) is 1.97. The minimum Gasteiger partial charge on any atom is -0.477 e. The number of aliphatic imine (C=N–C) groups is 1. The van der Waals surface area contributed by atoms with Crippen LogP contribution in [0, 0.1) is 12.8 Å². The van der Waals surface area contributed by atoms with Gasteiger partial charge in [-0.3, -0.25) is 0 Å². The summed E-state index contributed by atoms with van der Waals surface area (Å²) in [5, 5.41) is 0. The summed E-state index contributed by atoms with van der Waals surface area (Å²) in [4.78, 5) is 11.2. The molecule has 0 fully saturated rings. The Hall–Kier alpha value is -1.10. The molecule has 0 atom stereocenters. The molecule has 1 aromatic heterocycles. The molecule has 0 aliphatic rings. The minimum absolute atomic E-state index is 0.656. The fraction of sp³-hybridized carbons (Fsp3) is 0.647. The highest BCUT2D eigenvalue weighted by atomic mass is 79.9. The van der Waals surface area contributed by atoms with Gasteiger partial charge in [0.2, 0.25) is 5.88 Å². The van der Waals surface area contributed by atoms with Gasteiger partial charge in [0.05, 0.1) is 28.8 Å². The molecule has 0 radical (unpaired) electrons. The maximum absolute atomic E-state index is 5.77. The van der Waals surface area contributed by atoms with Gasteiger partial charge in [0, 0.05) is 13.1 Å². The van der Waals surface area contributed by atoms with Gasteiger partial charge in [-0.1, -0.05) is 13.8 Å². The number of hydrogen-bond donors (Lipinski definition) is 0. The van der Waals surface area contributed by atoms with Gasteiger partial charge >= 0.3 is 0 Å². The van der Waals surface area contributed by atoms with Gasteiger partial charge in [-0.05, 0) is 61.5 Å². The van der Waals surface area contributed by atoms with E-state index in [0.717, 1.165) is 35.4 Å². The molecule has 0 saturated heterocycles. The first-order valence-corrected chi connectivity index (χ1v) is 8.85. The van der Waals surface area contributed by atoms with Crippen molar-refractivity contribution in [3.05, 3.63) is 16.2 Å². The van der Waals surface area contributed by atoms with E-state index in [1.54, 1.807) is 0 Å². The van der Waals surface area contributed by atoms with Gasteiger partial charge in [0.1, 0.15) is 0 Å². The third-order valence-electron chi connectivity index (χ3n) is 3.44. The van der Waals surface area contributed by atoms with Crippen molar-refractivity contribution in [3.8, 4) is 5.88 Å². The first-order chi connectivity index (χ1) is 10.5. The Bertz CT molecular complexity index is 485. The van der Waals surface area contributed by atoms with Crippen LogP contribution in [-0.4, -0.2) is 35.9 Å². The van der Waals surface area contributed by atoms with Crippen LogP contribution >= 0.6 is 15.9 Å². The van der Waals surface area contributed by atoms with Crippen LogP contribution in [0.1, 0.15) is 46.2 Å². The van der Waals surface area contributed by atoms with E-state index in [0.29, 0.717) is 18.4 Å². The monoisotopic (exact) mass is 369 g/mol. The maximum Gasteiger partial charge on any atom is 0.228 e. The lowest BCUT2D eigenvalue weighted by Gasteiger charge is -2.14. The van der Waals surface area contributed by atoms with Crippen LogP contribution in [-0.2, 0) is 0 Å². The Morgan fingerprint density at radius 3 is 2.64 bits per heavy atom. The molecular formula is C17H28BrN3O. The lowest BCUT2D eigenvalue weighted by atomic mass is 10.1. The smallest absolute Gasteiger partial charge is 0.228 e. The van der Waals surface area contributed by atoms with E-state index in [9.17, 15) is 0 Å². The van der Waals surface area contributed by atoms with Crippen LogP contribution in [0.15, 0.2) is 15.5 Å². The van der Waals surface area contributed by atoms with Crippen molar-refractivity contribution in [2.45, 2.75) is 47.5 Å². The second kappa shape index (κ2) is 9.82. The Morgan fingerprint density at radius 2 is 2.05 bits per heavy atom. The molecule has 4 nitrogen and oxygen atoms in total. The molecule has 0 aliphatic heterocycles. The molecular weight excluding hydrogens is 342 g/mol. The first-order valence-electron chi connectivity index (χ1n) is 8.06. The van der Waals surface area contributed by atoms with Gasteiger partial charge in [-0.25, -0.2) is 9.98 Å². The number of ether oxygens (including phenoxy) is 1. The molecule has 0 bridgehead atoms. The zero-order valence-corrected chi connectivity index (χ0v) is 16.0. The number of pyridine rings is 1. The number of aromatic nitrogens is 1. The molecule has 0 amide bonds. The summed E-state index contributed by atoms with van der Waals surface area (Å²) in [7, 11) is 0. The second-order valence-electron chi connectivity index (χ2n) is 5.73. The van der Waals surface area contributed by atoms with Crippen molar-refractivity contribution >= 4 is 28.0 Å². The van der Waals surface area contributed by atoms with Gasteiger partial charge in [-0.15, -0.1) is 0 Å². The Labute approximate surface area is 143 Å². The van der Waals surface area contributed by atoms with Crippen molar-refractivity contribution in [1.29, 1.82) is 0 Å². The molecule has 0 spiro atoms. The van der Waals surface area contributed by atoms with Crippen molar-refractivity contribution in [3.63, 3.8) is 0 Å². The normalized spacial score (nSPS) is 11.4. The van der Waals surface area contributed by atoms with E-state index >= 15 is 0 Å². The molecule has 1 rings (SSSR count). The topological polar surface area (TPSA) is 37.7 Å². The first kappa shape index (κ1) is 18.9. The highest BCUT2D eigenvalue weighted by Gasteiger charge is 2.08. The zero-order chi connectivity index (χ0) is 16.5. The Balaban J connectivity index is 2.71. The summed E-state index contributed by atoms with van der Waals surface area (Å²) < 4.78 is 6.63. The van der Waals surface area contributed by atoms with Crippen LogP contribution in [0.3, 0.4) is 0 Å². The van der Waals surface area contributed by atoms with Crippen molar-refractivity contribution < 1.29 is 4.74 Å². The number of halogens is 1. The lowest BCUT2D eigenvalue weighted by Crippen LogP contribution is -2.20. The molecule has 0 N–H and O–H groups in total. The molecule has 0 aromatic carbocycles. The largest absolute Gasteiger partial charge is 0.477 e. The summed E-state index contributed by atoms with van der Waals surface area (Å²) in [6.45, 7) is 13.2. The standard InChI is InChI=1S/C17H28BrN3O/c1-6-21(7-2)12-19-16-11-15(18)17(20-14(16)5)22-10-8-9-13(3)4/h11-13H,6-10H2,1-5H3/b19-12+. The van der Waals surface area contributed by atoms with E-state index in [-0.39, 0.29) is 0 Å². The fourth-order valence-electron chi connectivity index (χ4n) is 1.97. The predicted molar refractivity (Wildman–Crippen MR) is 97.3 cm³/mol. The Morgan fingerprint density at radius 1 is 1.36 bits per heavy atom. The molecule has 1 aromatic rings. The number of rotatable bonds is 9. The third-order valence-corrected chi connectivity index (χ3v) is 4.01. The van der Waals surface area contributed by atoms with Gasteiger partial charge in [0.15, 0.2) is 0 Å². The third kappa shape index (κ3) is 6.34. The second-order valence-corrected chi connectivity index (χ2v) is 6.58. The summed E-state index contributed by atoms with van der Waals surface area (Å²) >= 11 is 3.53. The van der Waals surface area contributed by atoms with E-state index in [1.807, 2.05) is 19.3 Å². The average Bonchev–Trinajstić information content (AvgIpc) is 2.48. The number of aryl methyl sites for hydroxylation is 1. The molecule has 0 aliphatic carbocycles. The molecule has 124 valence electrons. The molecule has 5 heteroatoms. The van der Waals surface area contributed by atoms with Crippen LogP contribution in [0.25, 0.3) is 0 Å². The molecule has 22 heavy (non-hydrogen) atoms. The van der Waals surface area contributed by atoms with Crippen molar-refractivity contribution in [1.82, 2.24) is 9.88 Å². The summed E-state index contributed by atoms with van der Waals surface area (Å²) in [5.41, 5.74) is 1.75. The SMILES string of the molecule is CCN(/C=N/c1cc(Br)c(OCCCC(C)C)nc1C)CC. The van der Waals surface area contributed by atoms with Gasteiger partial charge in [-0.2, -0.15) is 0 Å². The minimum atomic E-state index is 0.656. The highest BCUT2D eigenvalue weighted by Crippen LogP contribution is 2.29. The van der Waals surface area contributed by atoms with Crippen molar-refractivity contribution in [2.75, 3.05) is 19.7 Å². The molecule has 1 heterocycles. The van der Waals surface area contributed by atoms with E-state index < -0.39 is 0 Å². The van der Waals surface area contributed by atoms with Crippen LogP contribution < -0.4 is 4.74 Å². The van der Waals surface area contributed by atoms with Crippen molar-refractivity contribution in [2.24, 2.45) is 10.9 Å². The van der Waals surface area contributed by atoms with Gasteiger partial charge in [0.25, 0.3) is 0 Å². The lowest BCUT2D eigenvalue weighted by molar-refractivity contribution is 0.285.